The third-order valence-electron chi connectivity index (χ3n) is 3.34. The molecule has 0 N–H and O–H groups in total. The minimum Gasteiger partial charge on any atom is -0.207 e. The molecule has 1 saturated carbocycles. The minimum atomic E-state index is -3.67. The van der Waals surface area contributed by atoms with Gasteiger partial charge >= 0.3 is 0 Å². The Morgan fingerprint density at radius 3 is 2.67 bits per heavy atom. The van der Waals surface area contributed by atoms with Crippen LogP contribution in [-0.2, 0) is 16.6 Å². The maximum absolute atomic E-state index is 13.6. The smallest absolute Gasteiger partial charge is 0.207 e. The Morgan fingerprint density at radius 2 is 2.10 bits per heavy atom. The van der Waals surface area contributed by atoms with Crippen LogP contribution in [0.15, 0.2) is 45.1 Å². The first-order valence-electron chi connectivity index (χ1n) is 6.48. The van der Waals surface area contributed by atoms with Gasteiger partial charge in [-0.15, -0.1) is 11.3 Å². The lowest BCUT2D eigenvalue weighted by atomic mass is 10.3. The van der Waals surface area contributed by atoms with Crippen LogP contribution in [0.5, 0.6) is 0 Å². The van der Waals surface area contributed by atoms with Gasteiger partial charge in [-0.2, -0.15) is 4.31 Å². The zero-order valence-electron chi connectivity index (χ0n) is 11.0. The molecule has 3 nitrogen and oxygen atoms in total. The number of halogens is 2. The Hall–Kier alpha value is -0.760. The molecule has 2 aromatic rings. The molecule has 0 atom stereocenters. The van der Waals surface area contributed by atoms with E-state index in [1.165, 1.54) is 27.8 Å². The van der Waals surface area contributed by atoms with E-state index in [-0.39, 0.29) is 15.4 Å². The Balaban J connectivity index is 1.95. The SMILES string of the molecule is O=S(=O)(c1ccc(Br)c(F)c1)N(Cc1cccs1)C1CC1. The summed E-state index contributed by atoms with van der Waals surface area (Å²) in [5, 5.41) is 1.92. The molecule has 1 aliphatic carbocycles. The second-order valence-corrected chi connectivity index (χ2v) is 8.71. The fraction of sp³-hybridized carbons (Fsp3) is 0.286. The van der Waals surface area contributed by atoms with Crippen LogP contribution in [-0.4, -0.2) is 18.8 Å². The van der Waals surface area contributed by atoms with Gasteiger partial charge in [0.1, 0.15) is 5.82 Å². The number of hydrogen-bond donors (Lipinski definition) is 0. The van der Waals surface area contributed by atoms with E-state index in [0.717, 1.165) is 23.8 Å². The largest absolute Gasteiger partial charge is 0.243 e. The molecule has 0 unspecified atom stereocenters. The molecule has 1 aromatic heterocycles. The molecule has 0 spiro atoms. The van der Waals surface area contributed by atoms with Gasteiger partial charge in [-0.1, -0.05) is 6.07 Å². The van der Waals surface area contributed by atoms with Crippen LogP contribution in [0.4, 0.5) is 4.39 Å². The third-order valence-corrected chi connectivity index (χ3v) is 6.74. The van der Waals surface area contributed by atoms with Crippen LogP contribution in [0.2, 0.25) is 0 Å². The van der Waals surface area contributed by atoms with E-state index in [4.69, 9.17) is 0 Å². The second-order valence-electron chi connectivity index (χ2n) is 4.94. The van der Waals surface area contributed by atoms with Gasteiger partial charge in [0.2, 0.25) is 10.0 Å². The predicted molar refractivity (Wildman–Crippen MR) is 84.2 cm³/mol. The predicted octanol–water partition coefficient (Wildman–Crippen LogP) is 4.00. The lowest BCUT2D eigenvalue weighted by Crippen LogP contribution is -2.32. The maximum atomic E-state index is 13.6. The summed E-state index contributed by atoms with van der Waals surface area (Å²) in [5.41, 5.74) is 0. The molecule has 112 valence electrons. The van der Waals surface area contributed by atoms with Crippen molar-refractivity contribution in [1.82, 2.24) is 4.31 Å². The Morgan fingerprint density at radius 1 is 1.33 bits per heavy atom. The van der Waals surface area contributed by atoms with Crippen molar-refractivity contribution in [3.8, 4) is 0 Å². The van der Waals surface area contributed by atoms with Crippen LogP contribution in [0.25, 0.3) is 0 Å². The number of thiophene rings is 1. The molecule has 21 heavy (non-hydrogen) atoms. The van der Waals surface area contributed by atoms with Crippen LogP contribution >= 0.6 is 27.3 Å². The van der Waals surface area contributed by atoms with Gasteiger partial charge in [0.05, 0.1) is 9.37 Å². The van der Waals surface area contributed by atoms with Crippen LogP contribution in [0.1, 0.15) is 17.7 Å². The van der Waals surface area contributed by atoms with Crippen LogP contribution in [0, 0.1) is 5.82 Å². The molecule has 0 amide bonds. The first kappa shape index (κ1) is 15.1. The van der Waals surface area contributed by atoms with Crippen molar-refractivity contribution in [1.29, 1.82) is 0 Å². The van der Waals surface area contributed by atoms with E-state index in [1.807, 2.05) is 17.5 Å². The molecule has 7 heteroatoms. The number of nitrogens with zero attached hydrogens (tertiary/aromatic N) is 1. The summed E-state index contributed by atoms with van der Waals surface area (Å²) in [6.07, 6.45) is 1.73. The summed E-state index contributed by atoms with van der Waals surface area (Å²) in [7, 11) is -3.67. The van der Waals surface area contributed by atoms with E-state index >= 15 is 0 Å². The molecule has 3 rings (SSSR count). The highest BCUT2D eigenvalue weighted by molar-refractivity contribution is 9.10. The van der Waals surface area contributed by atoms with Crippen molar-refractivity contribution in [2.75, 3.05) is 0 Å². The van der Waals surface area contributed by atoms with Gasteiger partial charge < -0.3 is 0 Å². The van der Waals surface area contributed by atoms with E-state index in [0.29, 0.717) is 6.54 Å². The number of benzene rings is 1. The second kappa shape index (κ2) is 5.79. The topological polar surface area (TPSA) is 37.4 Å². The van der Waals surface area contributed by atoms with Crippen molar-refractivity contribution < 1.29 is 12.8 Å². The molecular weight excluding hydrogens is 377 g/mol. The number of hydrogen-bond acceptors (Lipinski definition) is 3. The monoisotopic (exact) mass is 389 g/mol. The standard InChI is InChI=1S/C14H13BrFNO2S2/c15-13-6-5-12(8-14(13)16)21(18,19)17(10-3-4-10)9-11-2-1-7-20-11/h1-2,5-8,10H,3-4,9H2. The average Bonchev–Trinajstić information content (AvgIpc) is 3.15. The molecule has 1 aromatic carbocycles. The molecule has 0 bridgehead atoms. The Kier molecular flexibility index (Phi) is 4.18. The summed E-state index contributed by atoms with van der Waals surface area (Å²) in [6.45, 7) is 0.350. The van der Waals surface area contributed by atoms with E-state index < -0.39 is 15.8 Å². The van der Waals surface area contributed by atoms with Gasteiger partial charge in [0.15, 0.2) is 0 Å². The highest BCUT2D eigenvalue weighted by Crippen LogP contribution is 2.34. The van der Waals surface area contributed by atoms with Crippen molar-refractivity contribution in [2.45, 2.75) is 30.3 Å². The highest BCUT2D eigenvalue weighted by atomic mass is 79.9. The quantitative estimate of drug-likeness (QED) is 0.774. The van der Waals surface area contributed by atoms with Crippen molar-refractivity contribution in [3.63, 3.8) is 0 Å². The molecule has 1 aliphatic rings. The van der Waals surface area contributed by atoms with Crippen molar-refractivity contribution >= 4 is 37.3 Å². The normalized spacial score (nSPS) is 15.6. The maximum Gasteiger partial charge on any atom is 0.243 e. The summed E-state index contributed by atoms with van der Waals surface area (Å²) in [6, 6.07) is 7.78. The Bertz CT molecular complexity index is 742. The zero-order valence-corrected chi connectivity index (χ0v) is 14.2. The van der Waals surface area contributed by atoms with Gasteiger partial charge in [0, 0.05) is 17.5 Å². The minimum absolute atomic E-state index is 0.00616. The summed E-state index contributed by atoms with van der Waals surface area (Å²) >= 11 is 4.57. The first-order valence-corrected chi connectivity index (χ1v) is 9.59. The fourth-order valence-electron chi connectivity index (χ4n) is 2.10. The lowest BCUT2D eigenvalue weighted by Gasteiger charge is -2.21. The number of rotatable bonds is 5. The van der Waals surface area contributed by atoms with Crippen molar-refractivity contribution in [3.05, 3.63) is 50.9 Å². The molecular formula is C14H13BrFNO2S2. The fourth-order valence-corrected chi connectivity index (χ4v) is 4.81. The molecule has 1 heterocycles. The van der Waals surface area contributed by atoms with E-state index in [1.54, 1.807) is 0 Å². The van der Waals surface area contributed by atoms with Gasteiger partial charge in [-0.25, -0.2) is 12.8 Å². The van der Waals surface area contributed by atoms with Crippen LogP contribution < -0.4 is 0 Å². The van der Waals surface area contributed by atoms with Gasteiger partial charge in [-0.05, 0) is 58.4 Å². The summed E-state index contributed by atoms with van der Waals surface area (Å²) in [4.78, 5) is 0.995. The van der Waals surface area contributed by atoms with E-state index in [9.17, 15) is 12.8 Å². The molecule has 0 radical (unpaired) electrons. The first-order chi connectivity index (χ1) is 9.98. The highest BCUT2D eigenvalue weighted by Gasteiger charge is 2.38. The summed E-state index contributed by atoms with van der Waals surface area (Å²) in [5.74, 6) is -0.567. The third kappa shape index (κ3) is 3.21. The Labute approximate surface area is 135 Å². The summed E-state index contributed by atoms with van der Waals surface area (Å²) < 4.78 is 40.9. The number of sulfonamides is 1. The van der Waals surface area contributed by atoms with Crippen LogP contribution in [0.3, 0.4) is 0 Å². The molecule has 1 fully saturated rings. The molecule has 0 saturated heterocycles. The zero-order chi connectivity index (χ0) is 15.0. The van der Waals surface area contributed by atoms with E-state index in [2.05, 4.69) is 15.9 Å². The van der Waals surface area contributed by atoms with Crippen molar-refractivity contribution in [2.24, 2.45) is 0 Å². The molecule has 0 aliphatic heterocycles. The van der Waals surface area contributed by atoms with Gasteiger partial charge in [-0.3, -0.25) is 0 Å². The lowest BCUT2D eigenvalue weighted by molar-refractivity contribution is 0.401. The van der Waals surface area contributed by atoms with Gasteiger partial charge in [0.25, 0.3) is 0 Å². The average molecular weight is 390 g/mol.